The van der Waals surface area contributed by atoms with Gasteiger partial charge in [-0.05, 0) is 37.5 Å². The third kappa shape index (κ3) is 2.98. The second-order valence-corrected chi connectivity index (χ2v) is 8.17. The minimum absolute atomic E-state index is 0.0687. The van der Waals surface area contributed by atoms with Crippen LogP contribution in [0.15, 0.2) is 0 Å². The Balaban J connectivity index is 1.74. The third-order valence-corrected chi connectivity index (χ3v) is 6.55. The van der Waals surface area contributed by atoms with Crippen LogP contribution in [-0.2, 0) is 14.4 Å². The Morgan fingerprint density at radius 3 is 2.42 bits per heavy atom. The Bertz CT molecular complexity index is 527. The smallest absolute Gasteiger partial charge is 0.233 e. The summed E-state index contributed by atoms with van der Waals surface area (Å²) in [6.07, 6.45) is 7.80. The highest BCUT2D eigenvalue weighted by Crippen LogP contribution is 2.45. The molecule has 5 nitrogen and oxygen atoms in total. The zero-order valence-electron chi connectivity index (χ0n) is 15.2. The molecule has 4 atom stereocenters. The molecule has 0 unspecified atom stereocenters. The quantitative estimate of drug-likeness (QED) is 0.744. The lowest BCUT2D eigenvalue weighted by Crippen LogP contribution is -2.47. The van der Waals surface area contributed by atoms with Crippen molar-refractivity contribution in [1.82, 2.24) is 9.80 Å². The molecule has 0 bridgehead atoms. The van der Waals surface area contributed by atoms with Crippen molar-refractivity contribution in [2.75, 3.05) is 20.6 Å². The van der Waals surface area contributed by atoms with E-state index < -0.39 is 5.92 Å². The number of carbonyl (C=O) groups is 3. The molecule has 3 aliphatic rings. The number of imide groups is 1. The van der Waals surface area contributed by atoms with Crippen molar-refractivity contribution in [3.05, 3.63) is 0 Å². The fraction of sp³-hybridized carbons (Fsp3) is 0.842. The molecule has 1 aliphatic heterocycles. The molecule has 3 amide bonds. The van der Waals surface area contributed by atoms with E-state index in [1.54, 1.807) is 7.05 Å². The van der Waals surface area contributed by atoms with Gasteiger partial charge in [-0.3, -0.25) is 19.3 Å². The van der Waals surface area contributed by atoms with Crippen molar-refractivity contribution in [2.24, 2.45) is 29.6 Å². The predicted octanol–water partition coefficient (Wildman–Crippen LogP) is 2.30. The number of amides is 3. The first-order chi connectivity index (χ1) is 11.4. The van der Waals surface area contributed by atoms with Crippen molar-refractivity contribution in [2.45, 2.75) is 51.9 Å². The van der Waals surface area contributed by atoms with Crippen LogP contribution in [0.25, 0.3) is 0 Å². The molecule has 1 saturated heterocycles. The van der Waals surface area contributed by atoms with Gasteiger partial charge in [-0.1, -0.05) is 26.2 Å². The van der Waals surface area contributed by atoms with Crippen LogP contribution in [0.4, 0.5) is 0 Å². The number of nitrogens with zero attached hydrogens (tertiary/aromatic N) is 2. The van der Waals surface area contributed by atoms with Gasteiger partial charge in [0.05, 0.1) is 17.8 Å². The zero-order chi connectivity index (χ0) is 17.4. The summed E-state index contributed by atoms with van der Waals surface area (Å²) in [5.74, 6) is -0.478. The minimum atomic E-state index is -0.437. The van der Waals surface area contributed by atoms with Crippen molar-refractivity contribution in [3.8, 4) is 0 Å². The molecule has 134 valence electrons. The summed E-state index contributed by atoms with van der Waals surface area (Å²) in [5.41, 5.74) is 0. The molecule has 24 heavy (non-hydrogen) atoms. The van der Waals surface area contributed by atoms with Crippen LogP contribution >= 0.6 is 0 Å². The van der Waals surface area contributed by atoms with Gasteiger partial charge < -0.3 is 4.90 Å². The first-order valence-electron chi connectivity index (χ1n) is 9.48. The minimum Gasteiger partial charge on any atom is -0.345 e. The van der Waals surface area contributed by atoms with Gasteiger partial charge in [-0.2, -0.15) is 0 Å². The van der Waals surface area contributed by atoms with E-state index >= 15 is 0 Å². The Morgan fingerprint density at radius 2 is 1.75 bits per heavy atom. The molecule has 0 radical (unpaired) electrons. The highest BCUT2D eigenvalue weighted by atomic mass is 16.2. The van der Waals surface area contributed by atoms with Crippen LogP contribution in [-0.4, -0.2) is 48.2 Å². The highest BCUT2D eigenvalue weighted by Gasteiger charge is 2.55. The van der Waals surface area contributed by atoms with Gasteiger partial charge >= 0.3 is 0 Å². The Labute approximate surface area is 144 Å². The summed E-state index contributed by atoms with van der Waals surface area (Å²) in [6, 6.07) is 0. The lowest BCUT2D eigenvalue weighted by molar-refractivity contribution is -0.147. The lowest BCUT2D eigenvalue weighted by Gasteiger charge is -2.38. The van der Waals surface area contributed by atoms with Gasteiger partial charge in [-0.15, -0.1) is 0 Å². The Hall–Kier alpha value is -1.39. The number of rotatable bonds is 3. The number of hydrogen-bond donors (Lipinski definition) is 0. The zero-order valence-corrected chi connectivity index (χ0v) is 15.2. The molecule has 3 rings (SSSR count). The van der Waals surface area contributed by atoms with Gasteiger partial charge in [0.1, 0.15) is 0 Å². The second kappa shape index (κ2) is 6.85. The van der Waals surface area contributed by atoms with Crippen molar-refractivity contribution in [3.63, 3.8) is 0 Å². The van der Waals surface area contributed by atoms with Crippen LogP contribution < -0.4 is 0 Å². The first kappa shape index (κ1) is 17.4. The van der Waals surface area contributed by atoms with E-state index in [-0.39, 0.29) is 35.5 Å². The predicted molar refractivity (Wildman–Crippen MR) is 90.9 cm³/mol. The van der Waals surface area contributed by atoms with E-state index in [2.05, 4.69) is 6.92 Å². The molecule has 0 aromatic heterocycles. The standard InChI is InChI=1S/C19H30N2O3/c1-12-9-10-14-16(19(24)21(3)17(14)22)15(12)18(23)20(2)11-13-7-5-4-6-8-13/h12-16H,4-11H2,1-3H3/t12-,14+,15-,16+/m1/s1. The largest absolute Gasteiger partial charge is 0.345 e. The maximum absolute atomic E-state index is 13.1. The normalized spacial score (nSPS) is 34.4. The molecule has 0 aromatic carbocycles. The number of fused-ring (bicyclic) bond motifs is 1. The molecule has 3 fully saturated rings. The van der Waals surface area contributed by atoms with Crippen LogP contribution in [0.2, 0.25) is 0 Å². The topological polar surface area (TPSA) is 57.7 Å². The fourth-order valence-corrected chi connectivity index (χ4v) is 5.09. The molecule has 0 aromatic rings. The highest BCUT2D eigenvalue weighted by molar-refractivity contribution is 6.06. The summed E-state index contributed by atoms with van der Waals surface area (Å²) in [4.78, 5) is 41.1. The average molecular weight is 334 g/mol. The first-order valence-corrected chi connectivity index (χ1v) is 9.48. The van der Waals surface area contributed by atoms with E-state index in [1.807, 2.05) is 11.9 Å². The van der Waals surface area contributed by atoms with Crippen LogP contribution in [0.5, 0.6) is 0 Å². The summed E-state index contributed by atoms with van der Waals surface area (Å²) in [7, 11) is 3.43. The molecule has 5 heteroatoms. The fourth-order valence-electron chi connectivity index (χ4n) is 5.09. The van der Waals surface area contributed by atoms with E-state index in [4.69, 9.17) is 0 Å². The monoisotopic (exact) mass is 334 g/mol. The number of likely N-dealkylation sites (tertiary alicyclic amines) is 1. The number of carbonyl (C=O) groups excluding carboxylic acids is 3. The van der Waals surface area contributed by atoms with E-state index in [9.17, 15) is 14.4 Å². The Morgan fingerprint density at radius 1 is 1.08 bits per heavy atom. The average Bonchev–Trinajstić information content (AvgIpc) is 2.79. The van der Waals surface area contributed by atoms with Crippen LogP contribution in [0.1, 0.15) is 51.9 Å². The van der Waals surface area contributed by atoms with Gasteiger partial charge in [0.15, 0.2) is 0 Å². The van der Waals surface area contributed by atoms with E-state index in [1.165, 1.54) is 37.0 Å². The van der Waals surface area contributed by atoms with Gasteiger partial charge in [0.25, 0.3) is 0 Å². The van der Waals surface area contributed by atoms with Crippen LogP contribution in [0.3, 0.4) is 0 Å². The molecule has 2 saturated carbocycles. The lowest BCUT2D eigenvalue weighted by atomic mass is 9.67. The number of hydrogen-bond acceptors (Lipinski definition) is 3. The van der Waals surface area contributed by atoms with Gasteiger partial charge in [-0.25, -0.2) is 0 Å². The third-order valence-electron chi connectivity index (χ3n) is 6.55. The van der Waals surface area contributed by atoms with E-state index in [0.717, 1.165) is 19.4 Å². The van der Waals surface area contributed by atoms with Gasteiger partial charge in [0, 0.05) is 20.6 Å². The maximum Gasteiger partial charge on any atom is 0.233 e. The summed E-state index contributed by atoms with van der Waals surface area (Å²) in [6.45, 7) is 2.85. The van der Waals surface area contributed by atoms with Crippen LogP contribution in [0, 0.1) is 29.6 Å². The van der Waals surface area contributed by atoms with E-state index in [0.29, 0.717) is 5.92 Å². The SMILES string of the molecule is C[C@@H]1CC[C@@H]2C(=O)N(C)C(=O)[C@@H]2[C@@H]1C(=O)N(C)CC1CCCCC1. The summed E-state index contributed by atoms with van der Waals surface area (Å²) >= 11 is 0. The summed E-state index contributed by atoms with van der Waals surface area (Å²) in [5, 5.41) is 0. The van der Waals surface area contributed by atoms with Gasteiger partial charge in [0.2, 0.25) is 17.7 Å². The molecule has 1 heterocycles. The molecule has 0 spiro atoms. The van der Waals surface area contributed by atoms with Crippen molar-refractivity contribution in [1.29, 1.82) is 0 Å². The Kier molecular flexibility index (Phi) is 4.97. The second-order valence-electron chi connectivity index (χ2n) is 8.17. The van der Waals surface area contributed by atoms with Crippen molar-refractivity contribution >= 4 is 17.7 Å². The molecule has 0 N–H and O–H groups in total. The molecular weight excluding hydrogens is 304 g/mol. The molecular formula is C19H30N2O3. The molecule has 2 aliphatic carbocycles. The van der Waals surface area contributed by atoms with Crippen molar-refractivity contribution < 1.29 is 14.4 Å². The summed E-state index contributed by atoms with van der Waals surface area (Å²) < 4.78 is 0. The maximum atomic E-state index is 13.1.